The number of rotatable bonds is 26. The summed E-state index contributed by atoms with van der Waals surface area (Å²) in [5.74, 6) is -0.417. The highest BCUT2D eigenvalue weighted by atomic mass is 32.3. The zero-order valence-electron chi connectivity index (χ0n) is 26.0. The molecule has 0 spiro atoms. The Hall–Kier alpha value is -1.16. The Labute approximate surface area is 258 Å². The first-order chi connectivity index (χ1) is 20.6. The number of ether oxygens (including phenoxy) is 4. The van der Waals surface area contributed by atoms with E-state index in [0.29, 0.717) is 13.0 Å². The van der Waals surface area contributed by atoms with Gasteiger partial charge in [-0.15, -0.1) is 0 Å². The molecule has 43 heavy (non-hydrogen) atoms. The van der Waals surface area contributed by atoms with Crippen LogP contribution in [0.3, 0.4) is 0 Å². The molecule has 1 fully saturated rings. The van der Waals surface area contributed by atoms with E-state index in [9.17, 15) is 28.5 Å². The van der Waals surface area contributed by atoms with Gasteiger partial charge >= 0.3 is 16.4 Å². The minimum Gasteiger partial charge on any atom is -0.457 e. The lowest BCUT2D eigenvalue weighted by Crippen LogP contribution is -2.60. The second-order valence-electron chi connectivity index (χ2n) is 11.0. The minimum atomic E-state index is -5.04. The molecule has 1 rings (SSSR count). The van der Waals surface area contributed by atoms with Gasteiger partial charge in [-0.3, -0.25) is 9.35 Å². The second kappa shape index (κ2) is 24.1. The molecule has 4 N–H and O–H groups in total. The maximum atomic E-state index is 12.5. The van der Waals surface area contributed by atoms with E-state index >= 15 is 0 Å². The van der Waals surface area contributed by atoms with Crippen LogP contribution in [0.1, 0.15) is 110 Å². The topological polar surface area (TPSA) is 178 Å². The van der Waals surface area contributed by atoms with Crippen LogP contribution in [-0.2, 0) is 38.3 Å². The highest BCUT2D eigenvalue weighted by Gasteiger charge is 2.48. The molecule has 0 aliphatic carbocycles. The van der Waals surface area contributed by atoms with Gasteiger partial charge in [-0.25, -0.2) is 4.18 Å². The fraction of sp³-hybridized carbons (Fsp3) is 0.900. The predicted molar refractivity (Wildman–Crippen MR) is 161 cm³/mol. The van der Waals surface area contributed by atoms with Crippen molar-refractivity contribution in [3.05, 3.63) is 12.2 Å². The molecule has 1 saturated heterocycles. The van der Waals surface area contributed by atoms with Crippen LogP contribution in [0.5, 0.6) is 0 Å². The van der Waals surface area contributed by atoms with E-state index in [1.54, 1.807) is 0 Å². The highest BCUT2D eigenvalue weighted by molar-refractivity contribution is 7.80. The largest absolute Gasteiger partial charge is 0.457 e. The Balaban J connectivity index is 2.56. The van der Waals surface area contributed by atoms with Gasteiger partial charge in [-0.2, -0.15) is 8.42 Å². The molecule has 0 amide bonds. The fourth-order valence-electron chi connectivity index (χ4n) is 4.67. The van der Waals surface area contributed by atoms with Gasteiger partial charge in [0.15, 0.2) is 6.29 Å². The van der Waals surface area contributed by atoms with E-state index in [0.717, 1.165) is 57.8 Å². The van der Waals surface area contributed by atoms with Crippen molar-refractivity contribution >= 4 is 16.4 Å². The summed E-state index contributed by atoms with van der Waals surface area (Å²) in [6.07, 6.45) is 10.4. The molecule has 0 radical (unpaired) electrons. The number of hydrogen-bond acceptors (Lipinski definition) is 11. The summed E-state index contributed by atoms with van der Waals surface area (Å²) in [6, 6.07) is 0. The number of unbranched alkanes of at least 4 members (excludes halogenated alkanes) is 11. The maximum absolute atomic E-state index is 12.5. The SMILES string of the molecule is CCC/C=C\CCCCCCCCOCC(COC1OC(CO)C(O)C(OS(=O)(=O)O)C1O)OC(=O)CCCCCCC. The van der Waals surface area contributed by atoms with E-state index in [1.807, 2.05) is 0 Å². The van der Waals surface area contributed by atoms with E-state index in [2.05, 4.69) is 30.2 Å². The third kappa shape index (κ3) is 19.1. The van der Waals surface area contributed by atoms with Crippen LogP contribution in [0, 0.1) is 0 Å². The molecule has 1 aliphatic rings. The van der Waals surface area contributed by atoms with Crippen LogP contribution in [0.4, 0.5) is 0 Å². The summed E-state index contributed by atoms with van der Waals surface area (Å²) in [6.45, 7) is 3.77. The molecule has 0 bridgehead atoms. The summed E-state index contributed by atoms with van der Waals surface area (Å²) in [5, 5.41) is 30.2. The lowest BCUT2D eigenvalue weighted by molar-refractivity contribution is -0.301. The number of hydrogen-bond donors (Lipinski definition) is 4. The molecule has 6 unspecified atom stereocenters. The Morgan fingerprint density at radius 3 is 2.19 bits per heavy atom. The zero-order valence-corrected chi connectivity index (χ0v) is 26.8. The molecular weight excluding hydrogens is 584 g/mol. The molecule has 0 aromatic rings. The van der Waals surface area contributed by atoms with Crippen molar-refractivity contribution in [2.45, 2.75) is 147 Å². The van der Waals surface area contributed by atoms with Gasteiger partial charge in [0.25, 0.3) is 0 Å². The lowest BCUT2D eigenvalue weighted by Gasteiger charge is -2.41. The maximum Gasteiger partial charge on any atom is 0.397 e. The number of carbonyl (C=O) groups excluding carboxylic acids is 1. The van der Waals surface area contributed by atoms with Crippen molar-refractivity contribution in [1.29, 1.82) is 0 Å². The zero-order chi connectivity index (χ0) is 31.9. The summed E-state index contributed by atoms with van der Waals surface area (Å²) >= 11 is 0. The number of allylic oxidation sites excluding steroid dienone is 2. The Kier molecular flexibility index (Phi) is 22.4. The molecule has 0 saturated carbocycles. The Morgan fingerprint density at radius 2 is 1.51 bits per heavy atom. The number of aliphatic hydroxyl groups excluding tert-OH is 3. The number of aliphatic hydroxyl groups is 3. The average molecular weight is 641 g/mol. The molecule has 13 heteroatoms. The van der Waals surface area contributed by atoms with E-state index in [4.69, 9.17) is 23.5 Å². The van der Waals surface area contributed by atoms with E-state index in [1.165, 1.54) is 25.7 Å². The molecule has 12 nitrogen and oxygen atoms in total. The van der Waals surface area contributed by atoms with Crippen molar-refractivity contribution < 1.29 is 56.2 Å². The van der Waals surface area contributed by atoms with Crippen molar-refractivity contribution in [2.75, 3.05) is 26.4 Å². The molecule has 6 atom stereocenters. The molecule has 1 heterocycles. The third-order valence-electron chi connectivity index (χ3n) is 7.12. The first kappa shape index (κ1) is 39.9. The van der Waals surface area contributed by atoms with E-state index in [-0.39, 0.29) is 19.6 Å². The summed E-state index contributed by atoms with van der Waals surface area (Å²) in [5.41, 5.74) is 0. The van der Waals surface area contributed by atoms with Crippen molar-refractivity contribution in [3.63, 3.8) is 0 Å². The molecule has 254 valence electrons. The van der Waals surface area contributed by atoms with Gasteiger partial charge in [0.2, 0.25) is 0 Å². The van der Waals surface area contributed by atoms with Crippen molar-refractivity contribution in [3.8, 4) is 0 Å². The minimum absolute atomic E-state index is 0.0332. The van der Waals surface area contributed by atoms with Crippen LogP contribution in [-0.4, -0.2) is 97.5 Å². The fourth-order valence-corrected chi connectivity index (χ4v) is 5.18. The van der Waals surface area contributed by atoms with Crippen LogP contribution in [0.15, 0.2) is 12.2 Å². The summed E-state index contributed by atoms with van der Waals surface area (Å²) in [7, 11) is -5.04. The van der Waals surface area contributed by atoms with Gasteiger partial charge in [-0.05, 0) is 32.1 Å². The standard InChI is InChI=1S/C30H56O12S/c1-3-5-7-9-10-11-12-13-14-16-18-20-38-22-24(40-26(32)19-17-15-8-6-4-2)23-39-30-28(34)29(42-43(35,36)37)27(33)25(21-31)41-30/h7,9,24-25,27-31,33-34H,3-6,8,10-23H2,1-2H3,(H,35,36,37)/b9-7-. The molecular formula is C30H56O12S. The Morgan fingerprint density at radius 1 is 0.860 bits per heavy atom. The van der Waals surface area contributed by atoms with Crippen LogP contribution in [0.25, 0.3) is 0 Å². The van der Waals surface area contributed by atoms with Gasteiger partial charge in [0.1, 0.15) is 30.5 Å². The van der Waals surface area contributed by atoms with E-state index < -0.39 is 59.8 Å². The second-order valence-corrected chi connectivity index (χ2v) is 12.1. The summed E-state index contributed by atoms with van der Waals surface area (Å²) in [4.78, 5) is 12.5. The van der Waals surface area contributed by atoms with Gasteiger partial charge in [0.05, 0.1) is 19.8 Å². The smallest absolute Gasteiger partial charge is 0.397 e. The monoisotopic (exact) mass is 640 g/mol. The first-order valence-electron chi connectivity index (χ1n) is 15.9. The van der Waals surface area contributed by atoms with Crippen LogP contribution in [0.2, 0.25) is 0 Å². The van der Waals surface area contributed by atoms with Crippen LogP contribution >= 0.6 is 0 Å². The first-order valence-corrected chi connectivity index (χ1v) is 17.3. The normalized spacial score (nSPS) is 23.5. The molecule has 1 aliphatic heterocycles. The van der Waals surface area contributed by atoms with Gasteiger partial charge < -0.3 is 34.3 Å². The lowest BCUT2D eigenvalue weighted by atomic mass is 9.99. The summed E-state index contributed by atoms with van der Waals surface area (Å²) < 4.78 is 58.2. The number of carbonyl (C=O) groups is 1. The van der Waals surface area contributed by atoms with Gasteiger partial charge in [-0.1, -0.05) is 83.8 Å². The van der Waals surface area contributed by atoms with Gasteiger partial charge in [0, 0.05) is 13.0 Å². The highest BCUT2D eigenvalue weighted by Crippen LogP contribution is 2.26. The third-order valence-corrected chi connectivity index (χ3v) is 7.58. The quantitative estimate of drug-likeness (QED) is 0.0463. The Bertz CT molecular complexity index is 837. The predicted octanol–water partition coefficient (Wildman–Crippen LogP) is 4.01. The molecule has 0 aromatic carbocycles. The van der Waals surface area contributed by atoms with Crippen molar-refractivity contribution in [1.82, 2.24) is 0 Å². The van der Waals surface area contributed by atoms with Crippen LogP contribution < -0.4 is 0 Å². The van der Waals surface area contributed by atoms with Crippen molar-refractivity contribution in [2.24, 2.45) is 0 Å². The molecule has 0 aromatic heterocycles. The average Bonchev–Trinajstić information content (AvgIpc) is 2.96. The number of esters is 1.